The molecule has 0 aromatic heterocycles. The van der Waals surface area contributed by atoms with Crippen molar-refractivity contribution in [2.75, 3.05) is 41.4 Å². The average Bonchev–Trinajstić information content (AvgIpc) is 2.38. The van der Waals surface area contributed by atoms with Gasteiger partial charge in [-0.3, -0.25) is 4.90 Å². The highest BCUT2D eigenvalue weighted by molar-refractivity contribution is 5.18. The Kier molecular flexibility index (Phi) is 8.70. The van der Waals surface area contributed by atoms with E-state index in [1.165, 1.54) is 18.5 Å². The number of benzene rings is 1. The van der Waals surface area contributed by atoms with Gasteiger partial charge in [0, 0.05) is 0 Å². The fraction of sp³-hybridized carbons (Fsp3) is 0.647. The second-order valence-corrected chi connectivity index (χ2v) is 6.19. The van der Waals surface area contributed by atoms with Crippen LogP contribution in [0, 0.1) is 0 Å². The lowest BCUT2D eigenvalue weighted by molar-refractivity contribution is -0.897. The maximum absolute atomic E-state index is 2.26. The highest BCUT2D eigenvalue weighted by atomic mass is 15.4. The zero-order chi connectivity index (χ0) is 14.9. The molecule has 0 fully saturated rings. The van der Waals surface area contributed by atoms with Crippen LogP contribution in [0.5, 0.6) is 0 Å². The Morgan fingerprint density at radius 3 is 1.89 bits per heavy atom. The minimum Gasteiger partial charge on any atom is -0.316 e. The third-order valence-electron chi connectivity index (χ3n) is 3.50. The van der Waals surface area contributed by atoms with Gasteiger partial charge in [-0.2, -0.15) is 0 Å². The molecule has 1 atom stereocenters. The van der Waals surface area contributed by atoms with Crippen molar-refractivity contribution in [3.8, 4) is 0 Å². The summed E-state index contributed by atoms with van der Waals surface area (Å²) in [5.74, 6) is 0.709. The topological polar surface area (TPSA) is 3.24 Å². The zero-order valence-electron chi connectivity index (χ0n) is 14.0. The van der Waals surface area contributed by atoms with Crippen LogP contribution < -0.4 is 0 Å². The lowest BCUT2D eigenvalue weighted by Crippen LogP contribution is -2.45. The van der Waals surface area contributed by atoms with E-state index >= 15 is 0 Å². The summed E-state index contributed by atoms with van der Waals surface area (Å²) in [6.45, 7) is 9.01. The Labute approximate surface area is 120 Å². The summed E-state index contributed by atoms with van der Waals surface area (Å²) in [7, 11) is 8.69. The largest absolute Gasteiger partial charge is 0.316 e. The van der Waals surface area contributed by atoms with Gasteiger partial charge in [0.1, 0.15) is 6.67 Å². The first-order valence-corrected chi connectivity index (χ1v) is 7.34. The molecule has 1 unspecified atom stereocenters. The SMILES string of the molecule is CCC(C)c1ccccc1.CC[N+](C)(C)CN(C)C. The molecule has 0 heterocycles. The molecule has 19 heavy (non-hydrogen) atoms. The molecule has 0 aliphatic heterocycles. The summed E-state index contributed by atoms with van der Waals surface area (Å²) in [5, 5.41) is 0. The molecule has 0 radical (unpaired) electrons. The third-order valence-corrected chi connectivity index (χ3v) is 3.50. The summed E-state index contributed by atoms with van der Waals surface area (Å²) in [4.78, 5) is 2.21. The standard InChI is InChI=1S/C10H14.C7H19N2/c1-3-9(2)10-7-5-4-6-8-10;1-6-9(4,5)7-8(2)3/h4-9H,3H2,1-2H3;6-7H2,1-5H3/q;+1. The second-order valence-electron chi connectivity index (χ2n) is 6.19. The highest BCUT2D eigenvalue weighted by Crippen LogP contribution is 2.16. The van der Waals surface area contributed by atoms with Crippen LogP contribution in [0.4, 0.5) is 0 Å². The van der Waals surface area contributed by atoms with Crippen LogP contribution in [0.15, 0.2) is 30.3 Å². The molecule has 1 aromatic rings. The number of rotatable bonds is 5. The van der Waals surface area contributed by atoms with Gasteiger partial charge < -0.3 is 4.48 Å². The third kappa shape index (κ3) is 8.79. The molecule has 0 spiro atoms. The molecule has 1 rings (SSSR count). The first-order valence-electron chi connectivity index (χ1n) is 7.34. The van der Waals surface area contributed by atoms with Crippen LogP contribution in [0.1, 0.15) is 38.7 Å². The van der Waals surface area contributed by atoms with E-state index < -0.39 is 0 Å². The van der Waals surface area contributed by atoms with Crippen molar-refractivity contribution in [1.82, 2.24) is 4.90 Å². The van der Waals surface area contributed by atoms with E-state index in [1.807, 2.05) is 0 Å². The predicted octanol–water partition coefficient (Wildman–Crippen LogP) is 3.80. The Hall–Kier alpha value is -0.860. The maximum atomic E-state index is 2.26. The van der Waals surface area contributed by atoms with Crippen LogP contribution >= 0.6 is 0 Å². The van der Waals surface area contributed by atoms with Gasteiger partial charge in [-0.25, -0.2) is 0 Å². The molecular formula is C17H33N2+. The first-order chi connectivity index (χ1) is 8.82. The molecule has 0 aliphatic rings. The van der Waals surface area contributed by atoms with Crippen molar-refractivity contribution < 1.29 is 4.48 Å². The molecular weight excluding hydrogens is 232 g/mol. The average molecular weight is 265 g/mol. The molecule has 2 heteroatoms. The predicted molar refractivity (Wildman–Crippen MR) is 86.4 cm³/mol. The van der Waals surface area contributed by atoms with Gasteiger partial charge in [0.25, 0.3) is 0 Å². The van der Waals surface area contributed by atoms with Crippen molar-refractivity contribution in [3.05, 3.63) is 35.9 Å². The molecule has 110 valence electrons. The van der Waals surface area contributed by atoms with Crippen LogP contribution in [0.3, 0.4) is 0 Å². The van der Waals surface area contributed by atoms with E-state index in [2.05, 4.69) is 84.2 Å². The van der Waals surface area contributed by atoms with Crippen LogP contribution in [-0.2, 0) is 0 Å². The molecule has 0 saturated heterocycles. The van der Waals surface area contributed by atoms with E-state index in [1.54, 1.807) is 0 Å². The van der Waals surface area contributed by atoms with Crippen LogP contribution in [0.25, 0.3) is 0 Å². The van der Waals surface area contributed by atoms with E-state index in [4.69, 9.17) is 0 Å². The summed E-state index contributed by atoms with van der Waals surface area (Å²) < 4.78 is 1.08. The Morgan fingerprint density at radius 1 is 1.05 bits per heavy atom. The van der Waals surface area contributed by atoms with Crippen molar-refractivity contribution in [3.63, 3.8) is 0 Å². The van der Waals surface area contributed by atoms with Gasteiger partial charge in [0.15, 0.2) is 0 Å². The number of quaternary nitrogens is 1. The fourth-order valence-corrected chi connectivity index (χ4v) is 1.88. The smallest absolute Gasteiger partial charge is 0.134 e. The minimum atomic E-state index is 0.709. The lowest BCUT2D eigenvalue weighted by Gasteiger charge is -2.30. The number of hydrogen-bond acceptors (Lipinski definition) is 1. The normalized spacial score (nSPS) is 12.8. The van der Waals surface area contributed by atoms with Crippen molar-refractivity contribution in [2.45, 2.75) is 33.1 Å². The first kappa shape index (κ1) is 18.1. The maximum Gasteiger partial charge on any atom is 0.134 e. The van der Waals surface area contributed by atoms with Gasteiger partial charge >= 0.3 is 0 Å². The second kappa shape index (κ2) is 9.11. The zero-order valence-corrected chi connectivity index (χ0v) is 14.0. The van der Waals surface area contributed by atoms with Gasteiger partial charge in [-0.15, -0.1) is 0 Å². The van der Waals surface area contributed by atoms with E-state index in [0.29, 0.717) is 5.92 Å². The highest BCUT2D eigenvalue weighted by Gasteiger charge is 2.11. The molecule has 0 amide bonds. The summed E-state index contributed by atoms with van der Waals surface area (Å²) in [6, 6.07) is 10.6. The van der Waals surface area contributed by atoms with Crippen LogP contribution in [0.2, 0.25) is 0 Å². The molecule has 0 aliphatic carbocycles. The van der Waals surface area contributed by atoms with E-state index in [9.17, 15) is 0 Å². The number of nitrogens with zero attached hydrogens (tertiary/aromatic N) is 2. The molecule has 1 aromatic carbocycles. The van der Waals surface area contributed by atoms with Gasteiger partial charge in [-0.1, -0.05) is 44.2 Å². The molecule has 0 N–H and O–H groups in total. The van der Waals surface area contributed by atoms with E-state index in [0.717, 1.165) is 11.2 Å². The summed E-state index contributed by atoms with van der Waals surface area (Å²) in [5.41, 5.74) is 1.45. The van der Waals surface area contributed by atoms with Crippen molar-refractivity contribution in [1.29, 1.82) is 0 Å². The Balaban J connectivity index is 0.000000344. The fourth-order valence-electron chi connectivity index (χ4n) is 1.88. The van der Waals surface area contributed by atoms with Gasteiger partial charge in [0.2, 0.25) is 0 Å². The Bertz CT molecular complexity index is 317. The number of hydrogen-bond donors (Lipinski definition) is 0. The molecule has 0 saturated carbocycles. The lowest BCUT2D eigenvalue weighted by atomic mass is 9.99. The van der Waals surface area contributed by atoms with Crippen molar-refractivity contribution >= 4 is 0 Å². The van der Waals surface area contributed by atoms with Crippen molar-refractivity contribution in [2.24, 2.45) is 0 Å². The summed E-state index contributed by atoms with van der Waals surface area (Å²) in [6.07, 6.45) is 1.23. The van der Waals surface area contributed by atoms with Crippen LogP contribution in [-0.4, -0.2) is 50.8 Å². The monoisotopic (exact) mass is 265 g/mol. The minimum absolute atomic E-state index is 0.709. The molecule has 2 nitrogen and oxygen atoms in total. The van der Waals surface area contributed by atoms with E-state index in [-0.39, 0.29) is 0 Å². The quantitative estimate of drug-likeness (QED) is 0.578. The van der Waals surface area contributed by atoms with Gasteiger partial charge in [-0.05, 0) is 38.9 Å². The van der Waals surface area contributed by atoms with Gasteiger partial charge in [0.05, 0.1) is 20.6 Å². The Morgan fingerprint density at radius 2 is 1.58 bits per heavy atom. The summed E-state index contributed by atoms with van der Waals surface area (Å²) >= 11 is 0. The molecule has 0 bridgehead atoms.